The molecule has 3 fully saturated rings. The highest BCUT2D eigenvalue weighted by atomic mass is 35.5. The number of likely N-dealkylation sites (tertiary alicyclic amines) is 1. The van der Waals surface area contributed by atoms with Gasteiger partial charge >= 0.3 is 0 Å². The van der Waals surface area contributed by atoms with Gasteiger partial charge in [-0.25, -0.2) is 0 Å². The Balaban J connectivity index is 1.47. The number of piperidine rings is 1. The lowest BCUT2D eigenvalue weighted by molar-refractivity contribution is -0.145. The maximum Gasteiger partial charge on any atom is 0.234 e. The third-order valence-electron chi connectivity index (χ3n) is 6.75. The van der Waals surface area contributed by atoms with Crippen molar-refractivity contribution < 1.29 is 14.3 Å². The van der Waals surface area contributed by atoms with E-state index in [2.05, 4.69) is 17.4 Å². The van der Waals surface area contributed by atoms with E-state index in [9.17, 15) is 9.59 Å². The first-order chi connectivity index (χ1) is 13.1. The number of fused-ring (bicyclic) bond motifs is 2. The number of alkyl halides is 1. The molecule has 1 saturated carbocycles. The highest BCUT2D eigenvalue weighted by molar-refractivity contribution is 6.27. The molecule has 0 radical (unpaired) electrons. The third kappa shape index (κ3) is 3.47. The van der Waals surface area contributed by atoms with Gasteiger partial charge in [0.1, 0.15) is 5.88 Å². The van der Waals surface area contributed by atoms with Crippen molar-refractivity contribution in [3.8, 4) is 0 Å². The molecule has 3 aliphatic rings. The summed E-state index contributed by atoms with van der Waals surface area (Å²) in [5.41, 5.74) is 0.793. The lowest BCUT2D eigenvalue weighted by atomic mass is 9.72. The molecule has 1 aromatic rings. The van der Waals surface area contributed by atoms with Gasteiger partial charge in [0.15, 0.2) is 0 Å². The van der Waals surface area contributed by atoms with Crippen LogP contribution in [-0.2, 0) is 19.7 Å². The Bertz CT molecular complexity index is 693. The molecule has 0 spiro atoms. The first-order valence-corrected chi connectivity index (χ1v) is 10.4. The van der Waals surface area contributed by atoms with Crippen molar-refractivity contribution in [2.45, 2.75) is 43.6 Å². The van der Waals surface area contributed by atoms with Gasteiger partial charge in [-0.1, -0.05) is 30.3 Å². The number of carbonyl (C=O) groups excluding carboxylic acids is 2. The van der Waals surface area contributed by atoms with Crippen molar-refractivity contribution in [3.05, 3.63) is 35.9 Å². The SMILES string of the molecule is O=C(CCl)NCC1(c2ccccc2)CCN(C(=O)C23CCC(C2)OC3)CC1. The number of hydrogen-bond acceptors (Lipinski definition) is 3. The van der Waals surface area contributed by atoms with Gasteiger partial charge in [-0.3, -0.25) is 9.59 Å². The Morgan fingerprint density at radius 3 is 2.48 bits per heavy atom. The van der Waals surface area contributed by atoms with Gasteiger partial charge in [-0.05, 0) is 37.7 Å². The minimum atomic E-state index is -0.274. The average molecular weight is 391 g/mol. The Labute approximate surface area is 165 Å². The molecule has 4 rings (SSSR count). The summed E-state index contributed by atoms with van der Waals surface area (Å²) < 4.78 is 5.75. The summed E-state index contributed by atoms with van der Waals surface area (Å²) in [4.78, 5) is 27.0. The van der Waals surface area contributed by atoms with Crippen LogP contribution in [-0.4, -0.2) is 54.9 Å². The average Bonchev–Trinajstić information content (AvgIpc) is 3.35. The number of rotatable bonds is 5. The van der Waals surface area contributed by atoms with E-state index in [1.165, 1.54) is 5.56 Å². The maximum absolute atomic E-state index is 13.2. The summed E-state index contributed by atoms with van der Waals surface area (Å²) in [5, 5.41) is 2.97. The molecule has 146 valence electrons. The summed E-state index contributed by atoms with van der Waals surface area (Å²) >= 11 is 5.66. The molecule has 27 heavy (non-hydrogen) atoms. The highest BCUT2D eigenvalue weighted by Crippen LogP contribution is 2.48. The van der Waals surface area contributed by atoms with E-state index in [1.54, 1.807) is 0 Å². The molecule has 2 heterocycles. The van der Waals surface area contributed by atoms with Gasteiger partial charge in [0, 0.05) is 25.0 Å². The lowest BCUT2D eigenvalue weighted by Crippen LogP contribution is -2.53. The fourth-order valence-electron chi connectivity index (χ4n) is 5.03. The molecule has 0 aromatic heterocycles. The van der Waals surface area contributed by atoms with Crippen LogP contribution in [0.3, 0.4) is 0 Å². The molecule has 2 aliphatic heterocycles. The van der Waals surface area contributed by atoms with Crippen molar-refractivity contribution in [2.24, 2.45) is 5.41 Å². The molecule has 2 saturated heterocycles. The van der Waals surface area contributed by atoms with Crippen LogP contribution < -0.4 is 5.32 Å². The van der Waals surface area contributed by atoms with E-state index >= 15 is 0 Å². The van der Waals surface area contributed by atoms with E-state index in [4.69, 9.17) is 16.3 Å². The summed E-state index contributed by atoms with van der Waals surface area (Å²) in [6.45, 7) is 2.58. The lowest BCUT2D eigenvalue weighted by Gasteiger charge is -2.44. The fraction of sp³-hybridized carbons (Fsp3) is 0.619. The first kappa shape index (κ1) is 18.8. The zero-order chi connectivity index (χ0) is 18.9. The van der Waals surface area contributed by atoms with Crippen molar-refractivity contribution in [2.75, 3.05) is 32.1 Å². The molecule has 1 N–H and O–H groups in total. The number of amides is 2. The monoisotopic (exact) mass is 390 g/mol. The zero-order valence-electron chi connectivity index (χ0n) is 15.6. The molecule has 2 amide bonds. The minimum absolute atomic E-state index is 0.0286. The molecule has 5 nitrogen and oxygen atoms in total. The predicted molar refractivity (Wildman–Crippen MR) is 104 cm³/mol. The third-order valence-corrected chi connectivity index (χ3v) is 6.99. The number of benzene rings is 1. The zero-order valence-corrected chi connectivity index (χ0v) is 16.3. The number of nitrogens with one attached hydrogen (secondary N) is 1. The van der Waals surface area contributed by atoms with Gasteiger partial charge in [-0.2, -0.15) is 0 Å². The van der Waals surface area contributed by atoms with Crippen LogP contribution >= 0.6 is 11.6 Å². The summed E-state index contributed by atoms with van der Waals surface area (Å²) in [6.07, 6.45) is 4.82. The van der Waals surface area contributed by atoms with Crippen LogP contribution in [0.4, 0.5) is 0 Å². The van der Waals surface area contributed by atoms with Gasteiger partial charge < -0.3 is 15.0 Å². The van der Waals surface area contributed by atoms with E-state index < -0.39 is 0 Å². The molecular formula is C21H27ClN2O3. The Morgan fingerprint density at radius 2 is 1.93 bits per heavy atom. The second kappa shape index (κ2) is 7.44. The van der Waals surface area contributed by atoms with Crippen molar-refractivity contribution in [1.82, 2.24) is 10.2 Å². The standard InChI is InChI=1S/C21H27ClN2O3/c22-13-18(25)23-14-20(16-4-2-1-3-5-16)8-10-24(11-9-20)19(26)21-7-6-17(12-21)27-15-21/h1-5,17H,6-15H2,(H,23,25). The molecule has 2 bridgehead atoms. The smallest absolute Gasteiger partial charge is 0.234 e. The molecule has 6 heteroatoms. The Morgan fingerprint density at radius 1 is 1.19 bits per heavy atom. The first-order valence-electron chi connectivity index (χ1n) is 9.86. The number of hydrogen-bond donors (Lipinski definition) is 1. The molecular weight excluding hydrogens is 364 g/mol. The normalized spacial score (nSPS) is 28.9. The van der Waals surface area contributed by atoms with Gasteiger partial charge in [0.05, 0.1) is 18.1 Å². The van der Waals surface area contributed by atoms with Crippen molar-refractivity contribution in [3.63, 3.8) is 0 Å². The topological polar surface area (TPSA) is 58.6 Å². The van der Waals surface area contributed by atoms with Crippen LogP contribution in [0.1, 0.15) is 37.7 Å². The van der Waals surface area contributed by atoms with Crippen LogP contribution in [0.5, 0.6) is 0 Å². The van der Waals surface area contributed by atoms with Gasteiger partial charge in [-0.15, -0.1) is 11.6 Å². The Hall–Kier alpha value is -1.59. The molecule has 1 aliphatic carbocycles. The van der Waals surface area contributed by atoms with E-state index in [1.807, 2.05) is 23.1 Å². The predicted octanol–water partition coefficient (Wildman–Crippen LogP) is 2.47. The minimum Gasteiger partial charge on any atom is -0.377 e. The molecule has 2 unspecified atom stereocenters. The van der Waals surface area contributed by atoms with Crippen LogP contribution in [0.15, 0.2) is 30.3 Å². The van der Waals surface area contributed by atoms with Crippen molar-refractivity contribution in [1.29, 1.82) is 0 Å². The van der Waals surface area contributed by atoms with Crippen molar-refractivity contribution >= 4 is 23.4 Å². The van der Waals surface area contributed by atoms with E-state index in [0.29, 0.717) is 13.2 Å². The van der Waals surface area contributed by atoms with Gasteiger partial charge in [0.25, 0.3) is 0 Å². The largest absolute Gasteiger partial charge is 0.377 e. The van der Waals surface area contributed by atoms with E-state index in [-0.39, 0.29) is 34.6 Å². The number of ether oxygens (including phenoxy) is 1. The summed E-state index contributed by atoms with van der Waals surface area (Å²) in [6, 6.07) is 10.3. The summed E-state index contributed by atoms with van der Waals surface area (Å²) in [5.74, 6) is 0.0949. The van der Waals surface area contributed by atoms with Crippen LogP contribution in [0.25, 0.3) is 0 Å². The van der Waals surface area contributed by atoms with E-state index in [0.717, 1.165) is 45.2 Å². The van der Waals surface area contributed by atoms with Crippen LogP contribution in [0, 0.1) is 5.41 Å². The second-order valence-electron chi connectivity index (χ2n) is 8.31. The number of halogens is 1. The molecule has 1 aromatic carbocycles. The number of nitrogens with zero attached hydrogens (tertiary/aromatic N) is 1. The summed E-state index contributed by atoms with van der Waals surface area (Å²) in [7, 11) is 0. The number of carbonyl (C=O) groups is 2. The second-order valence-corrected chi connectivity index (χ2v) is 8.57. The fourth-order valence-corrected chi connectivity index (χ4v) is 5.13. The van der Waals surface area contributed by atoms with Crippen LogP contribution in [0.2, 0.25) is 0 Å². The highest BCUT2D eigenvalue weighted by Gasteiger charge is 2.53. The quantitative estimate of drug-likeness (QED) is 0.786. The van der Waals surface area contributed by atoms with Gasteiger partial charge in [0.2, 0.25) is 11.8 Å². The molecule has 2 atom stereocenters. The maximum atomic E-state index is 13.2. The Kier molecular flexibility index (Phi) is 5.17.